The van der Waals surface area contributed by atoms with E-state index >= 15 is 0 Å². The van der Waals surface area contributed by atoms with E-state index in [-0.39, 0.29) is 4.90 Å². The van der Waals surface area contributed by atoms with Crippen molar-refractivity contribution in [1.29, 1.82) is 0 Å². The fourth-order valence-corrected chi connectivity index (χ4v) is 5.14. The normalized spacial score (nSPS) is 11.4. The first kappa shape index (κ1) is 22.1. The number of hydrogen-bond acceptors (Lipinski definition) is 7. The molecule has 0 spiro atoms. The van der Waals surface area contributed by atoms with Crippen molar-refractivity contribution in [1.82, 2.24) is 19.7 Å². The van der Waals surface area contributed by atoms with Crippen molar-refractivity contribution in [2.45, 2.75) is 25.2 Å². The number of rotatable bonds is 8. The SMILES string of the molecule is Cc1nc(C)c(-c2ccnc(Nc3ccc(S(=O)(=O)NCCc4ccccc4)cc3)n2)s1. The zero-order chi connectivity index (χ0) is 22.6. The van der Waals surface area contributed by atoms with Gasteiger partial charge in [0.1, 0.15) is 0 Å². The second kappa shape index (κ2) is 9.56. The van der Waals surface area contributed by atoms with Crippen LogP contribution in [0.2, 0.25) is 0 Å². The Labute approximate surface area is 191 Å². The standard InChI is InChI=1S/C23H23N5O2S2/c1-16-22(31-17(2)26-16)21-13-14-24-23(28-21)27-19-8-10-20(11-9-19)32(29,30)25-15-12-18-6-4-3-5-7-18/h3-11,13-14,25H,12,15H2,1-2H3,(H,24,27,28). The molecule has 0 radical (unpaired) electrons. The molecule has 0 unspecified atom stereocenters. The average Bonchev–Trinajstić information content (AvgIpc) is 3.13. The van der Waals surface area contributed by atoms with Gasteiger partial charge in [0.25, 0.3) is 0 Å². The van der Waals surface area contributed by atoms with Crippen LogP contribution in [0.5, 0.6) is 0 Å². The molecule has 9 heteroatoms. The Morgan fingerprint density at radius 3 is 2.38 bits per heavy atom. The van der Waals surface area contributed by atoms with Crippen molar-refractivity contribution in [2.75, 3.05) is 11.9 Å². The van der Waals surface area contributed by atoms with Crippen molar-refractivity contribution in [3.05, 3.63) is 83.1 Å². The third-order valence-corrected chi connectivity index (χ3v) is 7.33. The fourth-order valence-electron chi connectivity index (χ4n) is 3.22. The first-order chi connectivity index (χ1) is 15.4. The molecule has 0 aliphatic rings. The van der Waals surface area contributed by atoms with Gasteiger partial charge in [0.05, 0.1) is 26.2 Å². The molecule has 0 aliphatic carbocycles. The van der Waals surface area contributed by atoms with Crippen LogP contribution < -0.4 is 10.0 Å². The van der Waals surface area contributed by atoms with E-state index in [0.717, 1.165) is 26.8 Å². The summed E-state index contributed by atoms with van der Waals surface area (Å²) in [7, 11) is -3.58. The van der Waals surface area contributed by atoms with Crippen LogP contribution in [0.4, 0.5) is 11.6 Å². The van der Waals surface area contributed by atoms with Crippen LogP contribution >= 0.6 is 11.3 Å². The highest BCUT2D eigenvalue weighted by atomic mass is 32.2. The van der Waals surface area contributed by atoms with E-state index in [1.165, 1.54) is 0 Å². The number of aryl methyl sites for hydroxylation is 2. The van der Waals surface area contributed by atoms with Crippen molar-refractivity contribution < 1.29 is 8.42 Å². The molecule has 0 fully saturated rings. The fraction of sp³-hybridized carbons (Fsp3) is 0.174. The molecule has 32 heavy (non-hydrogen) atoms. The number of benzene rings is 2. The van der Waals surface area contributed by atoms with Crippen molar-refractivity contribution in [2.24, 2.45) is 0 Å². The number of nitrogens with one attached hydrogen (secondary N) is 2. The lowest BCUT2D eigenvalue weighted by Gasteiger charge is -2.09. The molecular formula is C23H23N5O2S2. The summed E-state index contributed by atoms with van der Waals surface area (Å²) in [6.45, 7) is 4.26. The third kappa shape index (κ3) is 5.37. The van der Waals surface area contributed by atoms with E-state index < -0.39 is 10.0 Å². The van der Waals surface area contributed by atoms with Gasteiger partial charge in [-0.3, -0.25) is 0 Å². The highest BCUT2D eigenvalue weighted by molar-refractivity contribution is 7.89. The zero-order valence-electron chi connectivity index (χ0n) is 17.7. The molecule has 2 aromatic heterocycles. The Kier molecular flexibility index (Phi) is 6.59. The maximum atomic E-state index is 12.6. The van der Waals surface area contributed by atoms with Gasteiger partial charge in [-0.05, 0) is 56.2 Å². The summed E-state index contributed by atoms with van der Waals surface area (Å²) < 4.78 is 27.8. The van der Waals surface area contributed by atoms with Crippen LogP contribution in [0.1, 0.15) is 16.3 Å². The summed E-state index contributed by atoms with van der Waals surface area (Å²) in [5.74, 6) is 0.435. The first-order valence-corrected chi connectivity index (χ1v) is 12.4. The molecule has 0 saturated heterocycles. The zero-order valence-corrected chi connectivity index (χ0v) is 19.4. The van der Waals surface area contributed by atoms with Gasteiger partial charge in [-0.2, -0.15) is 0 Å². The first-order valence-electron chi connectivity index (χ1n) is 10.1. The lowest BCUT2D eigenvalue weighted by Crippen LogP contribution is -2.25. The molecule has 0 aliphatic heterocycles. The minimum atomic E-state index is -3.58. The topological polar surface area (TPSA) is 96.9 Å². The van der Waals surface area contributed by atoms with E-state index in [9.17, 15) is 8.42 Å². The van der Waals surface area contributed by atoms with E-state index in [0.29, 0.717) is 24.6 Å². The Morgan fingerprint density at radius 2 is 1.69 bits per heavy atom. The number of hydrogen-bond donors (Lipinski definition) is 2. The van der Waals surface area contributed by atoms with E-state index in [4.69, 9.17) is 0 Å². The van der Waals surface area contributed by atoms with Gasteiger partial charge in [-0.25, -0.2) is 28.1 Å². The lowest BCUT2D eigenvalue weighted by atomic mass is 10.2. The largest absolute Gasteiger partial charge is 0.324 e. The van der Waals surface area contributed by atoms with Crippen LogP contribution in [0.3, 0.4) is 0 Å². The van der Waals surface area contributed by atoms with Crippen LogP contribution in [-0.4, -0.2) is 29.9 Å². The van der Waals surface area contributed by atoms with Gasteiger partial charge in [0.2, 0.25) is 16.0 Å². The van der Waals surface area contributed by atoms with Gasteiger partial charge in [-0.1, -0.05) is 30.3 Å². The van der Waals surface area contributed by atoms with Crippen molar-refractivity contribution in [3.8, 4) is 10.6 Å². The summed E-state index contributed by atoms with van der Waals surface area (Å²) in [5, 5.41) is 4.12. The molecule has 164 valence electrons. The molecule has 2 heterocycles. The molecule has 2 aromatic carbocycles. The minimum Gasteiger partial charge on any atom is -0.324 e. The maximum Gasteiger partial charge on any atom is 0.240 e. The van der Waals surface area contributed by atoms with E-state index in [2.05, 4.69) is 25.0 Å². The molecule has 0 amide bonds. The average molecular weight is 466 g/mol. The van der Waals surface area contributed by atoms with Crippen LogP contribution in [0, 0.1) is 13.8 Å². The molecule has 0 saturated carbocycles. The molecule has 2 N–H and O–H groups in total. The van der Waals surface area contributed by atoms with E-state index in [1.54, 1.807) is 41.8 Å². The second-order valence-corrected chi connectivity index (χ2v) is 10.2. The Hall–Kier alpha value is -3.14. The van der Waals surface area contributed by atoms with Gasteiger partial charge < -0.3 is 5.32 Å². The number of nitrogens with zero attached hydrogens (tertiary/aromatic N) is 3. The summed E-state index contributed by atoms with van der Waals surface area (Å²) in [4.78, 5) is 14.5. The van der Waals surface area contributed by atoms with Crippen LogP contribution in [-0.2, 0) is 16.4 Å². The highest BCUT2D eigenvalue weighted by Crippen LogP contribution is 2.28. The molecular weight excluding hydrogens is 442 g/mol. The number of thiazole rings is 1. The highest BCUT2D eigenvalue weighted by Gasteiger charge is 2.14. The Morgan fingerprint density at radius 1 is 0.938 bits per heavy atom. The molecule has 0 atom stereocenters. The maximum absolute atomic E-state index is 12.6. The number of anilines is 2. The minimum absolute atomic E-state index is 0.210. The molecule has 7 nitrogen and oxygen atoms in total. The lowest BCUT2D eigenvalue weighted by molar-refractivity contribution is 0.581. The number of sulfonamides is 1. The van der Waals surface area contributed by atoms with Gasteiger partial charge >= 0.3 is 0 Å². The third-order valence-electron chi connectivity index (χ3n) is 4.76. The smallest absolute Gasteiger partial charge is 0.240 e. The second-order valence-electron chi connectivity index (χ2n) is 7.20. The van der Waals surface area contributed by atoms with Gasteiger partial charge in [0.15, 0.2) is 0 Å². The van der Waals surface area contributed by atoms with Crippen molar-refractivity contribution >= 4 is 33.0 Å². The summed E-state index contributed by atoms with van der Waals surface area (Å²) in [6, 6.07) is 18.1. The monoisotopic (exact) mass is 465 g/mol. The summed E-state index contributed by atoms with van der Waals surface area (Å²) >= 11 is 1.59. The Balaban J connectivity index is 1.41. The van der Waals surface area contributed by atoms with Gasteiger partial charge in [-0.15, -0.1) is 11.3 Å². The van der Waals surface area contributed by atoms with Crippen LogP contribution in [0.15, 0.2) is 71.8 Å². The predicted octanol–water partition coefficient (Wildman–Crippen LogP) is 4.48. The number of aromatic nitrogens is 3. The van der Waals surface area contributed by atoms with Gasteiger partial charge in [0, 0.05) is 18.4 Å². The summed E-state index contributed by atoms with van der Waals surface area (Å²) in [6.07, 6.45) is 2.32. The molecule has 4 aromatic rings. The quantitative estimate of drug-likeness (QED) is 0.398. The Bertz CT molecular complexity index is 1300. The van der Waals surface area contributed by atoms with Crippen LogP contribution in [0.25, 0.3) is 10.6 Å². The van der Waals surface area contributed by atoms with E-state index in [1.807, 2.05) is 50.2 Å². The predicted molar refractivity (Wildman–Crippen MR) is 128 cm³/mol. The summed E-state index contributed by atoms with van der Waals surface area (Å²) in [5.41, 5.74) is 3.52. The van der Waals surface area contributed by atoms with Crippen molar-refractivity contribution in [3.63, 3.8) is 0 Å². The molecule has 0 bridgehead atoms. The molecule has 4 rings (SSSR count).